The molecule has 1 aromatic heterocycles. The first kappa shape index (κ1) is 13.3. The van der Waals surface area contributed by atoms with Gasteiger partial charge >= 0.3 is 5.69 Å². The molecule has 0 fully saturated rings. The Morgan fingerprint density at radius 3 is 2.42 bits per heavy atom. The third kappa shape index (κ3) is 2.49. The molecule has 7 heteroatoms. The van der Waals surface area contributed by atoms with Gasteiger partial charge in [0, 0.05) is 19.2 Å². The number of rotatable bonds is 6. The average Bonchev–Trinajstić information content (AvgIpc) is 2.86. The second-order valence-electron chi connectivity index (χ2n) is 4.31. The maximum Gasteiger partial charge on any atom is 0.300 e. The number of anilines is 1. The van der Waals surface area contributed by atoms with Gasteiger partial charge in [-0.05, 0) is 29.2 Å². The summed E-state index contributed by atoms with van der Waals surface area (Å²) >= 11 is 0. The quantitative estimate of drug-likeness (QED) is 0.589. The first-order valence-corrected chi connectivity index (χ1v) is 6.33. The Labute approximate surface area is 110 Å². The van der Waals surface area contributed by atoms with Crippen molar-refractivity contribution in [2.24, 2.45) is 0 Å². The van der Waals surface area contributed by atoms with Gasteiger partial charge in [0.1, 0.15) is 0 Å². The summed E-state index contributed by atoms with van der Waals surface area (Å²) in [7, 11) is 0. The molecule has 0 amide bonds. The van der Waals surface area contributed by atoms with Crippen molar-refractivity contribution in [2.45, 2.75) is 26.7 Å². The van der Waals surface area contributed by atoms with Gasteiger partial charge in [-0.25, -0.2) is 4.63 Å². The monoisotopic (exact) mass is 264 g/mol. The lowest BCUT2D eigenvalue weighted by Gasteiger charge is -2.23. The SMILES string of the molecule is CCCN(CCC)c1ccc([N+](=O)[O-])c2nonc12. The third-order valence-electron chi connectivity index (χ3n) is 2.90. The minimum Gasteiger partial charge on any atom is -0.370 e. The highest BCUT2D eigenvalue weighted by Crippen LogP contribution is 2.31. The van der Waals surface area contributed by atoms with Gasteiger partial charge in [-0.15, -0.1) is 0 Å². The van der Waals surface area contributed by atoms with Gasteiger partial charge in [0.2, 0.25) is 5.52 Å². The summed E-state index contributed by atoms with van der Waals surface area (Å²) < 4.78 is 4.67. The summed E-state index contributed by atoms with van der Waals surface area (Å²) in [4.78, 5) is 12.6. The number of nitrogens with zero attached hydrogens (tertiary/aromatic N) is 4. The Hall–Kier alpha value is -2.18. The first-order valence-electron chi connectivity index (χ1n) is 6.33. The van der Waals surface area contributed by atoms with E-state index in [1.165, 1.54) is 6.07 Å². The number of nitro groups is 1. The zero-order chi connectivity index (χ0) is 13.8. The fourth-order valence-electron chi connectivity index (χ4n) is 2.14. The summed E-state index contributed by atoms with van der Waals surface area (Å²) in [6.45, 7) is 5.92. The number of benzene rings is 1. The van der Waals surface area contributed by atoms with E-state index in [0.29, 0.717) is 5.52 Å². The molecular weight excluding hydrogens is 248 g/mol. The second kappa shape index (κ2) is 5.64. The van der Waals surface area contributed by atoms with Gasteiger partial charge in [0.15, 0.2) is 5.52 Å². The van der Waals surface area contributed by atoms with E-state index < -0.39 is 4.92 Å². The summed E-state index contributed by atoms with van der Waals surface area (Å²) in [5.41, 5.74) is 1.43. The van der Waals surface area contributed by atoms with Crippen LogP contribution in [-0.4, -0.2) is 28.3 Å². The van der Waals surface area contributed by atoms with Crippen LogP contribution in [0.2, 0.25) is 0 Å². The Morgan fingerprint density at radius 1 is 1.21 bits per heavy atom. The normalized spacial score (nSPS) is 10.8. The van der Waals surface area contributed by atoms with Crippen LogP contribution in [0.15, 0.2) is 16.8 Å². The van der Waals surface area contributed by atoms with Crippen molar-refractivity contribution in [3.8, 4) is 0 Å². The maximum absolute atomic E-state index is 10.9. The minimum absolute atomic E-state index is 0.0760. The Kier molecular flexibility index (Phi) is 3.94. The van der Waals surface area contributed by atoms with Crippen molar-refractivity contribution in [2.75, 3.05) is 18.0 Å². The van der Waals surface area contributed by atoms with E-state index in [9.17, 15) is 10.1 Å². The highest BCUT2D eigenvalue weighted by molar-refractivity contribution is 5.93. The highest BCUT2D eigenvalue weighted by atomic mass is 16.6. The first-order chi connectivity index (χ1) is 9.19. The smallest absolute Gasteiger partial charge is 0.300 e. The average molecular weight is 264 g/mol. The lowest BCUT2D eigenvalue weighted by atomic mass is 10.2. The molecule has 7 nitrogen and oxygen atoms in total. The molecule has 0 N–H and O–H groups in total. The third-order valence-corrected chi connectivity index (χ3v) is 2.90. The standard InChI is InChI=1S/C12H16N4O3/c1-3-7-15(8-4-2)9-5-6-10(16(17)18)12-11(9)13-19-14-12/h5-6H,3-4,7-8H2,1-2H3. The van der Waals surface area contributed by atoms with Crippen LogP contribution in [0, 0.1) is 10.1 Å². The number of hydrogen-bond donors (Lipinski definition) is 0. The van der Waals surface area contributed by atoms with Crippen molar-refractivity contribution in [1.29, 1.82) is 0 Å². The molecule has 0 bridgehead atoms. The van der Waals surface area contributed by atoms with Crippen LogP contribution in [0.5, 0.6) is 0 Å². The summed E-state index contributed by atoms with van der Waals surface area (Å²) in [6, 6.07) is 3.18. The molecule has 0 unspecified atom stereocenters. The van der Waals surface area contributed by atoms with E-state index in [1.54, 1.807) is 6.07 Å². The minimum atomic E-state index is -0.472. The zero-order valence-electron chi connectivity index (χ0n) is 11.0. The van der Waals surface area contributed by atoms with Gasteiger partial charge in [-0.3, -0.25) is 10.1 Å². The Bertz CT molecular complexity index is 575. The topological polar surface area (TPSA) is 85.3 Å². The molecule has 2 aromatic rings. The van der Waals surface area contributed by atoms with Crippen LogP contribution in [0.4, 0.5) is 11.4 Å². The number of aromatic nitrogens is 2. The summed E-state index contributed by atoms with van der Waals surface area (Å²) in [5, 5.41) is 18.4. The molecule has 1 heterocycles. The molecule has 0 saturated carbocycles. The van der Waals surface area contributed by atoms with E-state index in [0.717, 1.165) is 31.6 Å². The van der Waals surface area contributed by atoms with Gasteiger partial charge in [0.25, 0.3) is 0 Å². The van der Waals surface area contributed by atoms with Crippen LogP contribution in [0.1, 0.15) is 26.7 Å². The Balaban J connectivity index is 2.52. The number of non-ortho nitro benzene ring substituents is 1. The van der Waals surface area contributed by atoms with E-state index in [2.05, 4.69) is 33.7 Å². The van der Waals surface area contributed by atoms with E-state index in [1.807, 2.05) is 0 Å². The maximum atomic E-state index is 10.9. The highest BCUT2D eigenvalue weighted by Gasteiger charge is 2.21. The van der Waals surface area contributed by atoms with Crippen LogP contribution in [-0.2, 0) is 0 Å². The molecule has 0 atom stereocenters. The van der Waals surface area contributed by atoms with Gasteiger partial charge in [-0.2, -0.15) is 0 Å². The molecule has 102 valence electrons. The molecule has 19 heavy (non-hydrogen) atoms. The van der Waals surface area contributed by atoms with Crippen LogP contribution >= 0.6 is 0 Å². The van der Waals surface area contributed by atoms with Crippen molar-refractivity contribution < 1.29 is 9.55 Å². The lowest BCUT2D eigenvalue weighted by Crippen LogP contribution is -2.25. The molecular formula is C12H16N4O3. The number of hydrogen-bond acceptors (Lipinski definition) is 6. The predicted octanol–water partition coefficient (Wildman–Crippen LogP) is 2.76. The lowest BCUT2D eigenvalue weighted by molar-refractivity contribution is -0.383. The zero-order valence-corrected chi connectivity index (χ0v) is 11.0. The van der Waals surface area contributed by atoms with Crippen molar-refractivity contribution >= 4 is 22.4 Å². The molecule has 1 aromatic carbocycles. The predicted molar refractivity (Wildman–Crippen MR) is 71.3 cm³/mol. The largest absolute Gasteiger partial charge is 0.370 e. The molecule has 0 aliphatic rings. The molecule has 0 aliphatic heterocycles. The molecule has 0 aliphatic carbocycles. The van der Waals surface area contributed by atoms with E-state index in [4.69, 9.17) is 0 Å². The molecule has 2 rings (SSSR count). The Morgan fingerprint density at radius 2 is 1.84 bits per heavy atom. The molecule has 0 saturated heterocycles. The second-order valence-corrected chi connectivity index (χ2v) is 4.31. The molecule has 0 spiro atoms. The number of fused-ring (bicyclic) bond motifs is 1. The van der Waals surface area contributed by atoms with Crippen molar-refractivity contribution in [3.05, 3.63) is 22.2 Å². The summed E-state index contributed by atoms with van der Waals surface area (Å²) in [6.07, 6.45) is 1.98. The van der Waals surface area contributed by atoms with Crippen LogP contribution in [0.3, 0.4) is 0 Å². The van der Waals surface area contributed by atoms with Gasteiger partial charge in [0.05, 0.1) is 10.6 Å². The van der Waals surface area contributed by atoms with Gasteiger partial charge in [-0.1, -0.05) is 13.8 Å². The van der Waals surface area contributed by atoms with Crippen molar-refractivity contribution in [3.63, 3.8) is 0 Å². The van der Waals surface area contributed by atoms with Gasteiger partial charge < -0.3 is 4.90 Å². The van der Waals surface area contributed by atoms with Crippen LogP contribution < -0.4 is 4.90 Å². The van der Waals surface area contributed by atoms with E-state index in [-0.39, 0.29) is 11.2 Å². The fraction of sp³-hybridized carbons (Fsp3) is 0.500. The summed E-state index contributed by atoms with van der Waals surface area (Å²) in [5.74, 6) is 0. The molecule has 0 radical (unpaired) electrons. The van der Waals surface area contributed by atoms with E-state index >= 15 is 0 Å². The van der Waals surface area contributed by atoms with Crippen molar-refractivity contribution in [1.82, 2.24) is 10.3 Å². The fourth-order valence-corrected chi connectivity index (χ4v) is 2.14. The van der Waals surface area contributed by atoms with Crippen LogP contribution in [0.25, 0.3) is 11.0 Å². The number of nitro benzene ring substituents is 1.